The largest absolute Gasteiger partial charge is 0.296 e. The summed E-state index contributed by atoms with van der Waals surface area (Å²) < 4.78 is 41.6. The summed E-state index contributed by atoms with van der Waals surface area (Å²) in [4.78, 5) is 17.4. The Morgan fingerprint density at radius 3 is 2.35 bits per heavy atom. The van der Waals surface area contributed by atoms with Crippen molar-refractivity contribution in [3.63, 3.8) is 0 Å². The molecule has 1 saturated heterocycles. The van der Waals surface area contributed by atoms with Crippen LogP contribution in [0.5, 0.6) is 0 Å². The molecule has 1 N–H and O–H groups in total. The first-order chi connectivity index (χ1) is 17.5. The molecule has 0 radical (unpaired) electrons. The Morgan fingerprint density at radius 2 is 1.76 bits per heavy atom. The molecule has 2 saturated carbocycles. The number of hydrogen-bond donors (Lipinski definition) is 1. The van der Waals surface area contributed by atoms with Gasteiger partial charge in [0.1, 0.15) is 5.82 Å². The number of carbonyl (C=O) groups is 1. The summed E-state index contributed by atoms with van der Waals surface area (Å²) in [6, 6.07) is 9.05. The second-order valence-corrected chi connectivity index (χ2v) is 13.5. The van der Waals surface area contributed by atoms with Crippen molar-refractivity contribution in [3.8, 4) is 0 Å². The van der Waals surface area contributed by atoms with Crippen molar-refractivity contribution in [2.75, 3.05) is 19.6 Å². The highest BCUT2D eigenvalue weighted by molar-refractivity contribution is 7.91. The molecule has 2 aliphatic carbocycles. The van der Waals surface area contributed by atoms with E-state index in [2.05, 4.69) is 28.4 Å². The smallest absolute Gasteiger partial charge is 0.267 e. The summed E-state index contributed by atoms with van der Waals surface area (Å²) in [5.41, 5.74) is 2.71. The highest BCUT2D eigenvalue weighted by Crippen LogP contribution is 2.43. The number of nitrogens with zero attached hydrogens (tertiary/aromatic N) is 2. The van der Waals surface area contributed by atoms with Crippen LogP contribution in [0.2, 0.25) is 10.0 Å². The van der Waals surface area contributed by atoms with Crippen LogP contribution < -0.4 is 4.72 Å². The molecule has 200 valence electrons. The van der Waals surface area contributed by atoms with E-state index in [1.807, 2.05) is 12.1 Å². The number of hydrogen-bond acceptors (Lipinski definition) is 5. The van der Waals surface area contributed by atoms with Gasteiger partial charge in [0.05, 0.1) is 10.8 Å². The number of sulfonamides is 1. The monoisotopic (exact) mass is 567 g/mol. The molecule has 2 aromatic carbocycles. The highest BCUT2D eigenvalue weighted by atomic mass is 35.5. The minimum absolute atomic E-state index is 0.150. The highest BCUT2D eigenvalue weighted by Gasteiger charge is 2.38. The van der Waals surface area contributed by atoms with Crippen LogP contribution in [0.1, 0.15) is 78.5 Å². The third-order valence-corrected chi connectivity index (χ3v) is 9.97. The third-order valence-electron chi connectivity index (χ3n) is 7.71. The fraction of sp³-hybridized carbons (Fsp3) is 0.519. The summed E-state index contributed by atoms with van der Waals surface area (Å²) in [5, 5.41) is 0.705. The standard InChI is InChI=1S/C27H32Cl2FN3O3S/c1-16-14-32(7-8-33(16)17(2)19-9-21(28)12-22(29)10-19)15-20-11-26(30)25(13-24(20)18-3-4-18)27(34)31-37(35,36)23-5-6-23/h9-13,16-18,23H,3-8,14-15H2,1-2H3,(H,31,34)/t16-,17?/m1/s1. The molecule has 1 unspecified atom stereocenters. The van der Waals surface area contributed by atoms with Gasteiger partial charge in [0.2, 0.25) is 10.0 Å². The van der Waals surface area contributed by atoms with E-state index >= 15 is 4.39 Å². The lowest BCUT2D eigenvalue weighted by molar-refractivity contribution is 0.0503. The molecule has 0 spiro atoms. The van der Waals surface area contributed by atoms with Crippen LogP contribution in [-0.4, -0.2) is 55.1 Å². The first-order valence-electron chi connectivity index (χ1n) is 12.8. The Balaban J connectivity index is 1.29. The van der Waals surface area contributed by atoms with Gasteiger partial charge >= 0.3 is 0 Å². The second-order valence-electron chi connectivity index (χ2n) is 10.7. The Labute approximate surface area is 228 Å². The average molecular weight is 569 g/mol. The number of carbonyl (C=O) groups excluding carboxylic acids is 1. The summed E-state index contributed by atoms with van der Waals surface area (Å²) in [6.45, 7) is 7.39. The minimum Gasteiger partial charge on any atom is -0.296 e. The van der Waals surface area contributed by atoms with Gasteiger partial charge in [0, 0.05) is 48.3 Å². The molecular formula is C27H32Cl2FN3O3S. The Bertz CT molecular complexity index is 1290. The maximum atomic E-state index is 15.1. The van der Waals surface area contributed by atoms with Crippen LogP contribution in [0.15, 0.2) is 30.3 Å². The SMILES string of the molecule is CC(c1cc(Cl)cc(Cl)c1)N1CCN(Cc2cc(F)c(C(=O)NS(=O)(=O)C3CC3)cc2C2CC2)C[C@H]1C. The van der Waals surface area contributed by atoms with Crippen LogP contribution in [0.3, 0.4) is 0 Å². The zero-order valence-electron chi connectivity index (χ0n) is 21.0. The van der Waals surface area contributed by atoms with Crippen LogP contribution >= 0.6 is 23.2 Å². The Hall–Kier alpha value is -1.71. The molecular weight excluding hydrogens is 536 g/mol. The summed E-state index contributed by atoms with van der Waals surface area (Å²) in [5.74, 6) is -1.27. The van der Waals surface area contributed by atoms with Gasteiger partial charge in [-0.2, -0.15) is 0 Å². The van der Waals surface area contributed by atoms with Crippen LogP contribution in [-0.2, 0) is 16.6 Å². The second kappa shape index (κ2) is 10.5. The Kier molecular flexibility index (Phi) is 7.59. The fourth-order valence-electron chi connectivity index (χ4n) is 5.38. The van der Waals surface area contributed by atoms with Crippen molar-refractivity contribution in [1.82, 2.24) is 14.5 Å². The molecule has 37 heavy (non-hydrogen) atoms. The molecule has 0 aromatic heterocycles. The molecule has 1 amide bonds. The molecule has 10 heteroatoms. The molecule has 2 atom stereocenters. The average Bonchev–Trinajstić information content (AvgIpc) is 3.71. The molecule has 1 heterocycles. The lowest BCUT2D eigenvalue weighted by Crippen LogP contribution is -2.52. The Morgan fingerprint density at radius 1 is 1.08 bits per heavy atom. The number of nitrogens with one attached hydrogen (secondary N) is 1. The van der Waals surface area contributed by atoms with Gasteiger partial charge in [0.25, 0.3) is 5.91 Å². The van der Waals surface area contributed by atoms with Crippen molar-refractivity contribution in [1.29, 1.82) is 0 Å². The van der Waals surface area contributed by atoms with E-state index in [4.69, 9.17) is 23.2 Å². The van der Waals surface area contributed by atoms with E-state index in [9.17, 15) is 13.2 Å². The quantitative estimate of drug-likeness (QED) is 0.456. The number of rotatable bonds is 8. The van der Waals surface area contributed by atoms with Crippen molar-refractivity contribution in [2.24, 2.45) is 0 Å². The molecule has 3 aliphatic rings. The summed E-state index contributed by atoms with van der Waals surface area (Å²) >= 11 is 12.4. The van der Waals surface area contributed by atoms with E-state index in [1.54, 1.807) is 12.1 Å². The normalized spacial score (nSPS) is 22.1. The van der Waals surface area contributed by atoms with E-state index in [0.717, 1.165) is 49.2 Å². The number of halogens is 3. The number of benzene rings is 2. The fourth-order valence-corrected chi connectivity index (χ4v) is 7.21. The maximum Gasteiger partial charge on any atom is 0.267 e. The van der Waals surface area contributed by atoms with Gasteiger partial charge in [0.15, 0.2) is 0 Å². The molecule has 1 aliphatic heterocycles. The van der Waals surface area contributed by atoms with Gasteiger partial charge in [-0.1, -0.05) is 23.2 Å². The van der Waals surface area contributed by atoms with Gasteiger partial charge in [-0.15, -0.1) is 0 Å². The van der Waals surface area contributed by atoms with E-state index in [-0.39, 0.29) is 23.6 Å². The van der Waals surface area contributed by atoms with Gasteiger partial charge < -0.3 is 0 Å². The molecule has 6 nitrogen and oxygen atoms in total. The van der Waals surface area contributed by atoms with Crippen LogP contribution in [0.4, 0.5) is 4.39 Å². The molecule has 3 fully saturated rings. The van der Waals surface area contributed by atoms with Gasteiger partial charge in [-0.05, 0) is 92.5 Å². The lowest BCUT2D eigenvalue weighted by atomic mass is 9.97. The zero-order chi connectivity index (χ0) is 26.5. The van der Waals surface area contributed by atoms with Gasteiger partial charge in [-0.3, -0.25) is 14.6 Å². The van der Waals surface area contributed by atoms with Gasteiger partial charge in [-0.25, -0.2) is 17.5 Å². The third kappa shape index (κ3) is 6.14. The zero-order valence-corrected chi connectivity index (χ0v) is 23.3. The molecule has 2 aromatic rings. The first-order valence-corrected chi connectivity index (χ1v) is 15.1. The van der Waals surface area contributed by atoms with Crippen molar-refractivity contribution < 1.29 is 17.6 Å². The topological polar surface area (TPSA) is 69.7 Å². The van der Waals surface area contributed by atoms with Crippen molar-refractivity contribution in [2.45, 2.75) is 69.3 Å². The van der Waals surface area contributed by atoms with Crippen molar-refractivity contribution >= 4 is 39.1 Å². The summed E-state index contributed by atoms with van der Waals surface area (Å²) in [7, 11) is -3.74. The lowest BCUT2D eigenvalue weighted by Gasteiger charge is -2.43. The first kappa shape index (κ1) is 26.9. The predicted octanol–water partition coefficient (Wildman–Crippen LogP) is 5.50. The van der Waals surface area contributed by atoms with Crippen LogP contribution in [0, 0.1) is 5.82 Å². The van der Waals surface area contributed by atoms with Crippen molar-refractivity contribution in [3.05, 3.63) is 68.4 Å². The molecule has 5 rings (SSSR count). The van der Waals surface area contributed by atoms with E-state index in [0.29, 0.717) is 29.4 Å². The summed E-state index contributed by atoms with van der Waals surface area (Å²) in [6.07, 6.45) is 3.05. The number of piperazine rings is 1. The number of amides is 1. The predicted molar refractivity (Wildman–Crippen MR) is 144 cm³/mol. The van der Waals surface area contributed by atoms with E-state index in [1.165, 1.54) is 6.07 Å². The minimum atomic E-state index is -3.74. The van der Waals surface area contributed by atoms with E-state index < -0.39 is 27.0 Å². The maximum absolute atomic E-state index is 15.1. The van der Waals surface area contributed by atoms with Crippen LogP contribution in [0.25, 0.3) is 0 Å². The molecule has 0 bridgehead atoms.